The summed E-state index contributed by atoms with van der Waals surface area (Å²) in [5, 5.41) is 2.77. The Hall–Kier alpha value is -2.72. The first-order valence-corrected chi connectivity index (χ1v) is 10.1. The van der Waals surface area contributed by atoms with Crippen LogP contribution in [0.15, 0.2) is 29.2 Å². The largest absolute Gasteiger partial charge is 0.465 e. The van der Waals surface area contributed by atoms with E-state index in [-0.39, 0.29) is 21.0 Å². The first-order chi connectivity index (χ1) is 12.7. The molecule has 0 radical (unpaired) electrons. The number of aryl methyl sites for hydroxylation is 1. The van der Waals surface area contributed by atoms with E-state index in [9.17, 15) is 22.8 Å². The Kier molecular flexibility index (Phi) is 4.79. The van der Waals surface area contributed by atoms with Crippen LogP contribution in [0.3, 0.4) is 0 Å². The van der Waals surface area contributed by atoms with Crippen molar-refractivity contribution >= 4 is 44.1 Å². The Morgan fingerprint density at radius 3 is 2.52 bits per heavy atom. The molecule has 0 saturated heterocycles. The molecule has 142 valence electrons. The lowest BCUT2D eigenvalue weighted by Crippen LogP contribution is -2.37. The highest BCUT2D eigenvalue weighted by Crippen LogP contribution is 2.33. The summed E-state index contributed by atoms with van der Waals surface area (Å²) in [5.74, 6) is -2.09. The van der Waals surface area contributed by atoms with E-state index < -0.39 is 34.4 Å². The van der Waals surface area contributed by atoms with Gasteiger partial charge in [0.15, 0.2) is 0 Å². The van der Waals surface area contributed by atoms with Crippen LogP contribution < -0.4 is 5.32 Å². The summed E-state index contributed by atoms with van der Waals surface area (Å²) in [6.07, 6.45) is 0. The quantitative estimate of drug-likeness (QED) is 0.774. The van der Waals surface area contributed by atoms with Gasteiger partial charge in [0.1, 0.15) is 16.4 Å². The fraction of sp³-hybridized carbons (Fsp3) is 0.235. The van der Waals surface area contributed by atoms with Crippen LogP contribution in [0, 0.1) is 13.8 Å². The van der Waals surface area contributed by atoms with Crippen molar-refractivity contribution in [1.82, 2.24) is 4.31 Å². The van der Waals surface area contributed by atoms with Gasteiger partial charge in [-0.1, -0.05) is 12.1 Å². The number of esters is 1. The van der Waals surface area contributed by atoms with Gasteiger partial charge in [0.2, 0.25) is 5.91 Å². The van der Waals surface area contributed by atoms with Crippen molar-refractivity contribution in [3.05, 3.63) is 45.8 Å². The van der Waals surface area contributed by atoms with Crippen molar-refractivity contribution in [2.75, 3.05) is 19.0 Å². The van der Waals surface area contributed by atoms with Crippen LogP contribution in [-0.2, 0) is 19.6 Å². The monoisotopic (exact) mass is 408 g/mol. The Balaban J connectivity index is 1.85. The molecule has 1 aliphatic rings. The maximum atomic E-state index is 12.5. The molecule has 2 aromatic rings. The van der Waals surface area contributed by atoms with Gasteiger partial charge in [-0.15, -0.1) is 11.3 Å². The minimum atomic E-state index is -4.08. The standard InChI is InChI=1S/C17H16N2O6S2/c1-9-10(2)26-15(14(9)17(22)25-3)18-13(20)8-19-16(21)11-6-4-5-7-12(11)27(19,23)24/h4-7H,8H2,1-3H3,(H,18,20). The second-order valence-corrected chi connectivity index (χ2v) is 8.90. The number of fused-ring (bicyclic) bond motifs is 1. The van der Waals surface area contributed by atoms with E-state index >= 15 is 0 Å². The zero-order chi connectivity index (χ0) is 19.9. The number of nitrogens with zero attached hydrogens (tertiary/aromatic N) is 1. The van der Waals surface area contributed by atoms with E-state index in [1.807, 2.05) is 0 Å². The van der Waals surface area contributed by atoms with Crippen molar-refractivity contribution in [2.24, 2.45) is 0 Å². The second kappa shape index (κ2) is 6.78. The molecular weight excluding hydrogens is 392 g/mol. The highest BCUT2D eigenvalue weighted by atomic mass is 32.2. The Labute approximate surface area is 159 Å². The van der Waals surface area contributed by atoms with Crippen LogP contribution in [0.1, 0.15) is 31.2 Å². The molecule has 0 bridgehead atoms. The molecule has 1 N–H and O–H groups in total. The van der Waals surface area contributed by atoms with Gasteiger partial charge in [0, 0.05) is 4.88 Å². The lowest BCUT2D eigenvalue weighted by Gasteiger charge is -2.14. The Morgan fingerprint density at radius 1 is 1.22 bits per heavy atom. The molecule has 3 rings (SSSR count). The maximum Gasteiger partial charge on any atom is 0.341 e. The first-order valence-electron chi connectivity index (χ1n) is 7.82. The fourth-order valence-electron chi connectivity index (χ4n) is 2.75. The molecule has 0 unspecified atom stereocenters. The third-order valence-electron chi connectivity index (χ3n) is 4.23. The van der Waals surface area contributed by atoms with Gasteiger partial charge < -0.3 is 10.1 Å². The summed E-state index contributed by atoms with van der Waals surface area (Å²) < 4.78 is 30.3. The topological polar surface area (TPSA) is 110 Å². The number of sulfonamides is 1. The molecule has 8 nitrogen and oxygen atoms in total. The molecule has 0 saturated carbocycles. The summed E-state index contributed by atoms with van der Waals surface area (Å²) in [6.45, 7) is 2.82. The number of ether oxygens (including phenoxy) is 1. The molecule has 1 aliphatic heterocycles. The molecule has 2 heterocycles. The number of rotatable bonds is 4. The lowest BCUT2D eigenvalue weighted by molar-refractivity contribution is -0.116. The SMILES string of the molecule is COC(=O)c1c(NC(=O)CN2C(=O)c3ccccc3S2(=O)=O)sc(C)c1C. The average molecular weight is 408 g/mol. The number of carbonyl (C=O) groups is 3. The highest BCUT2D eigenvalue weighted by molar-refractivity contribution is 7.90. The van der Waals surface area contributed by atoms with Gasteiger partial charge in [-0.2, -0.15) is 0 Å². The third kappa shape index (κ3) is 3.10. The number of carbonyl (C=O) groups excluding carboxylic acids is 3. The molecule has 10 heteroatoms. The van der Waals surface area contributed by atoms with Crippen molar-refractivity contribution in [2.45, 2.75) is 18.7 Å². The van der Waals surface area contributed by atoms with Crippen LogP contribution in [0.4, 0.5) is 5.00 Å². The fourth-order valence-corrected chi connectivity index (χ4v) is 5.34. The number of benzene rings is 1. The normalized spacial score (nSPS) is 14.8. The van der Waals surface area contributed by atoms with E-state index in [1.54, 1.807) is 19.9 Å². The van der Waals surface area contributed by atoms with Gasteiger partial charge in [-0.25, -0.2) is 17.5 Å². The van der Waals surface area contributed by atoms with Gasteiger partial charge in [0.25, 0.3) is 15.9 Å². The number of amides is 2. The number of thiophene rings is 1. The molecule has 0 spiro atoms. The number of hydrogen-bond acceptors (Lipinski definition) is 7. The van der Waals surface area contributed by atoms with Crippen LogP contribution in [0.5, 0.6) is 0 Å². The van der Waals surface area contributed by atoms with Crippen LogP contribution >= 0.6 is 11.3 Å². The summed E-state index contributed by atoms with van der Waals surface area (Å²) in [6, 6.07) is 5.78. The van der Waals surface area contributed by atoms with E-state index in [0.717, 1.165) is 4.88 Å². The van der Waals surface area contributed by atoms with Crippen LogP contribution in [0.2, 0.25) is 0 Å². The molecule has 2 amide bonds. The predicted molar refractivity (Wildman–Crippen MR) is 98.4 cm³/mol. The predicted octanol–water partition coefficient (Wildman–Crippen LogP) is 1.93. The Bertz CT molecular complexity index is 1070. The smallest absolute Gasteiger partial charge is 0.341 e. The van der Waals surface area contributed by atoms with E-state index in [4.69, 9.17) is 4.74 Å². The molecule has 1 aromatic carbocycles. The molecule has 27 heavy (non-hydrogen) atoms. The summed E-state index contributed by atoms with van der Waals surface area (Å²) in [4.78, 5) is 37.5. The van der Waals surface area contributed by atoms with Crippen LogP contribution in [-0.4, -0.2) is 44.2 Å². The van der Waals surface area contributed by atoms with Crippen LogP contribution in [0.25, 0.3) is 0 Å². The van der Waals surface area contributed by atoms with E-state index in [0.29, 0.717) is 9.87 Å². The average Bonchev–Trinajstić information content (AvgIpc) is 3.01. The molecular formula is C17H16N2O6S2. The molecule has 0 aliphatic carbocycles. The van der Waals surface area contributed by atoms with Gasteiger partial charge in [-0.3, -0.25) is 9.59 Å². The van der Waals surface area contributed by atoms with Crippen molar-refractivity contribution < 1.29 is 27.5 Å². The molecule has 0 fully saturated rings. The number of methoxy groups -OCH3 is 1. The Morgan fingerprint density at radius 2 is 1.89 bits per heavy atom. The zero-order valence-corrected chi connectivity index (χ0v) is 16.4. The van der Waals surface area contributed by atoms with Gasteiger partial charge >= 0.3 is 5.97 Å². The van der Waals surface area contributed by atoms with Crippen molar-refractivity contribution in [1.29, 1.82) is 0 Å². The minimum Gasteiger partial charge on any atom is -0.465 e. The number of hydrogen-bond donors (Lipinski definition) is 1. The zero-order valence-electron chi connectivity index (χ0n) is 14.7. The van der Waals surface area contributed by atoms with Gasteiger partial charge in [0.05, 0.1) is 18.2 Å². The number of anilines is 1. The first kappa shape index (κ1) is 19.1. The van der Waals surface area contributed by atoms with Gasteiger partial charge in [-0.05, 0) is 31.5 Å². The maximum absolute atomic E-state index is 12.5. The van der Waals surface area contributed by atoms with Crippen molar-refractivity contribution in [3.8, 4) is 0 Å². The van der Waals surface area contributed by atoms with E-state index in [2.05, 4.69) is 5.32 Å². The lowest BCUT2D eigenvalue weighted by atomic mass is 10.1. The van der Waals surface area contributed by atoms with E-state index in [1.165, 1.54) is 36.6 Å². The summed E-state index contributed by atoms with van der Waals surface area (Å²) in [5.41, 5.74) is 0.912. The highest BCUT2D eigenvalue weighted by Gasteiger charge is 2.41. The summed E-state index contributed by atoms with van der Waals surface area (Å²) >= 11 is 1.17. The number of nitrogens with one attached hydrogen (secondary N) is 1. The van der Waals surface area contributed by atoms with Crippen molar-refractivity contribution in [3.63, 3.8) is 0 Å². The minimum absolute atomic E-state index is 0.0309. The summed E-state index contributed by atoms with van der Waals surface area (Å²) in [7, 11) is -2.85. The third-order valence-corrected chi connectivity index (χ3v) is 7.14. The second-order valence-electron chi connectivity index (χ2n) is 5.84. The molecule has 0 atom stereocenters. The molecule has 1 aromatic heterocycles.